The number of carboxylic acids is 1. The molecule has 5 heteroatoms. The van der Waals surface area contributed by atoms with Crippen molar-refractivity contribution in [2.24, 2.45) is 0 Å². The molecule has 0 spiro atoms. The molecule has 0 saturated heterocycles. The third-order valence-corrected chi connectivity index (χ3v) is 3.17. The van der Waals surface area contributed by atoms with Gasteiger partial charge in [-0.15, -0.1) is 0 Å². The van der Waals surface area contributed by atoms with E-state index in [9.17, 15) is 14.7 Å². The first kappa shape index (κ1) is 15.7. The Balaban J connectivity index is 1.86. The SMILES string of the molecule is O=C(Cc1ccccc1)NN[C@@H](Cc1ccccc1)C(=O)O. The zero-order valence-corrected chi connectivity index (χ0v) is 12.0. The highest BCUT2D eigenvalue weighted by molar-refractivity contribution is 5.79. The van der Waals surface area contributed by atoms with Crippen molar-refractivity contribution in [3.05, 3.63) is 71.8 Å². The normalized spacial score (nSPS) is 11.6. The Morgan fingerprint density at radius 2 is 1.45 bits per heavy atom. The van der Waals surface area contributed by atoms with E-state index in [1.165, 1.54) is 0 Å². The maximum atomic E-state index is 11.8. The van der Waals surface area contributed by atoms with Gasteiger partial charge in [0.2, 0.25) is 5.91 Å². The lowest BCUT2D eigenvalue weighted by Crippen LogP contribution is -2.49. The van der Waals surface area contributed by atoms with Crippen LogP contribution in [0.5, 0.6) is 0 Å². The number of aliphatic carboxylic acids is 1. The van der Waals surface area contributed by atoms with E-state index >= 15 is 0 Å². The fourth-order valence-electron chi connectivity index (χ4n) is 2.04. The van der Waals surface area contributed by atoms with Gasteiger partial charge >= 0.3 is 5.97 Å². The van der Waals surface area contributed by atoms with Gasteiger partial charge in [0.1, 0.15) is 6.04 Å². The van der Waals surface area contributed by atoms with Crippen molar-refractivity contribution >= 4 is 11.9 Å². The van der Waals surface area contributed by atoms with E-state index in [2.05, 4.69) is 10.9 Å². The van der Waals surface area contributed by atoms with Crippen LogP contribution in [0.25, 0.3) is 0 Å². The van der Waals surface area contributed by atoms with Crippen LogP contribution in [0.1, 0.15) is 11.1 Å². The van der Waals surface area contributed by atoms with Gasteiger partial charge in [-0.2, -0.15) is 0 Å². The molecular weight excluding hydrogens is 280 g/mol. The summed E-state index contributed by atoms with van der Waals surface area (Å²) in [6.07, 6.45) is 0.493. The lowest BCUT2D eigenvalue weighted by molar-refractivity contribution is -0.140. The second-order valence-corrected chi connectivity index (χ2v) is 4.94. The smallest absolute Gasteiger partial charge is 0.322 e. The van der Waals surface area contributed by atoms with Crippen LogP contribution in [0, 0.1) is 0 Å². The molecule has 1 amide bonds. The molecule has 2 aromatic carbocycles. The molecule has 5 nitrogen and oxygen atoms in total. The topological polar surface area (TPSA) is 78.4 Å². The van der Waals surface area contributed by atoms with E-state index < -0.39 is 12.0 Å². The molecule has 0 saturated carbocycles. The fourth-order valence-corrected chi connectivity index (χ4v) is 2.04. The number of carboxylic acid groups (broad SMARTS) is 1. The van der Waals surface area contributed by atoms with Gasteiger partial charge in [-0.1, -0.05) is 60.7 Å². The van der Waals surface area contributed by atoms with E-state index in [1.807, 2.05) is 60.7 Å². The fraction of sp³-hybridized carbons (Fsp3) is 0.176. The zero-order chi connectivity index (χ0) is 15.8. The number of benzene rings is 2. The number of amides is 1. The molecule has 2 rings (SSSR count). The van der Waals surface area contributed by atoms with Crippen LogP contribution >= 0.6 is 0 Å². The zero-order valence-electron chi connectivity index (χ0n) is 12.0. The predicted molar refractivity (Wildman–Crippen MR) is 83.0 cm³/mol. The molecule has 3 N–H and O–H groups in total. The Hall–Kier alpha value is -2.66. The van der Waals surface area contributed by atoms with Gasteiger partial charge in [0.25, 0.3) is 0 Å². The van der Waals surface area contributed by atoms with Gasteiger partial charge in [-0.05, 0) is 11.1 Å². The maximum Gasteiger partial charge on any atom is 0.322 e. The molecule has 0 unspecified atom stereocenters. The van der Waals surface area contributed by atoms with Crippen molar-refractivity contribution < 1.29 is 14.7 Å². The molecule has 0 aliphatic rings. The van der Waals surface area contributed by atoms with E-state index in [1.54, 1.807) is 0 Å². The highest BCUT2D eigenvalue weighted by Gasteiger charge is 2.18. The number of carbonyl (C=O) groups excluding carboxylic acids is 1. The number of hydrazine groups is 1. The predicted octanol–water partition coefficient (Wildman–Crippen LogP) is 1.55. The van der Waals surface area contributed by atoms with E-state index in [0.717, 1.165) is 11.1 Å². The van der Waals surface area contributed by atoms with Gasteiger partial charge in [0.15, 0.2) is 0 Å². The molecule has 0 aliphatic heterocycles. The molecular formula is C17H18N2O3. The summed E-state index contributed by atoms with van der Waals surface area (Å²) in [7, 11) is 0. The van der Waals surface area contributed by atoms with Crippen molar-refractivity contribution in [1.82, 2.24) is 10.9 Å². The van der Waals surface area contributed by atoms with Crippen molar-refractivity contribution in [3.8, 4) is 0 Å². The summed E-state index contributed by atoms with van der Waals surface area (Å²) in [6, 6.07) is 17.7. The summed E-state index contributed by atoms with van der Waals surface area (Å²) < 4.78 is 0. The van der Waals surface area contributed by atoms with Crippen LogP contribution in [0.2, 0.25) is 0 Å². The minimum absolute atomic E-state index is 0.200. The van der Waals surface area contributed by atoms with Crippen molar-refractivity contribution in [2.45, 2.75) is 18.9 Å². The summed E-state index contributed by atoms with van der Waals surface area (Å²) >= 11 is 0. The highest BCUT2D eigenvalue weighted by Crippen LogP contribution is 2.03. The minimum atomic E-state index is -1.01. The van der Waals surface area contributed by atoms with Crippen LogP contribution in [0.3, 0.4) is 0 Å². The Morgan fingerprint density at radius 1 is 0.909 bits per heavy atom. The number of hydrogen-bond donors (Lipinski definition) is 3. The van der Waals surface area contributed by atoms with Crippen LogP contribution in [0.4, 0.5) is 0 Å². The molecule has 0 aliphatic carbocycles. The summed E-state index contributed by atoms with van der Waals surface area (Å²) in [4.78, 5) is 23.1. The summed E-state index contributed by atoms with van der Waals surface area (Å²) in [5.41, 5.74) is 6.81. The molecule has 0 radical (unpaired) electrons. The average Bonchev–Trinajstić information content (AvgIpc) is 2.53. The number of rotatable bonds is 7. The largest absolute Gasteiger partial charge is 0.480 e. The lowest BCUT2D eigenvalue weighted by atomic mass is 10.1. The lowest BCUT2D eigenvalue weighted by Gasteiger charge is -2.15. The van der Waals surface area contributed by atoms with Crippen LogP contribution < -0.4 is 10.9 Å². The van der Waals surface area contributed by atoms with Crippen molar-refractivity contribution in [1.29, 1.82) is 0 Å². The second-order valence-electron chi connectivity index (χ2n) is 4.94. The van der Waals surface area contributed by atoms with Crippen LogP contribution in [-0.2, 0) is 22.4 Å². The minimum Gasteiger partial charge on any atom is -0.480 e. The molecule has 22 heavy (non-hydrogen) atoms. The molecule has 0 bridgehead atoms. The standard InChI is InChI=1S/C17H18N2O3/c20-16(12-14-9-5-2-6-10-14)19-18-15(17(21)22)11-13-7-3-1-4-8-13/h1-10,15,18H,11-12H2,(H,19,20)(H,21,22)/t15-/m0/s1. The average molecular weight is 298 g/mol. The molecule has 0 fully saturated rings. The Labute approximate surface area is 129 Å². The molecule has 1 atom stereocenters. The van der Waals surface area contributed by atoms with Crippen molar-refractivity contribution in [2.75, 3.05) is 0 Å². The first-order valence-electron chi connectivity index (χ1n) is 7.00. The van der Waals surface area contributed by atoms with Crippen molar-refractivity contribution in [3.63, 3.8) is 0 Å². The van der Waals surface area contributed by atoms with Gasteiger partial charge in [-0.3, -0.25) is 15.0 Å². The van der Waals surface area contributed by atoms with Crippen LogP contribution in [-0.4, -0.2) is 23.0 Å². The first-order chi connectivity index (χ1) is 10.6. The van der Waals surface area contributed by atoms with E-state index in [0.29, 0.717) is 6.42 Å². The Bertz CT molecular complexity index is 614. The highest BCUT2D eigenvalue weighted by atomic mass is 16.4. The maximum absolute atomic E-state index is 11.8. The Morgan fingerprint density at radius 3 is 2.00 bits per heavy atom. The monoisotopic (exact) mass is 298 g/mol. The summed E-state index contributed by atoms with van der Waals surface area (Å²) in [6.45, 7) is 0. The van der Waals surface area contributed by atoms with Gasteiger partial charge in [0.05, 0.1) is 6.42 Å². The van der Waals surface area contributed by atoms with Gasteiger partial charge in [-0.25, -0.2) is 5.43 Å². The number of nitrogens with one attached hydrogen (secondary N) is 2. The van der Waals surface area contributed by atoms with Gasteiger partial charge in [0, 0.05) is 6.42 Å². The number of carbonyl (C=O) groups is 2. The summed E-state index contributed by atoms with van der Waals surface area (Å²) in [5, 5.41) is 9.22. The second kappa shape index (κ2) is 7.95. The first-order valence-corrected chi connectivity index (χ1v) is 7.00. The summed E-state index contributed by atoms with van der Waals surface area (Å²) in [5.74, 6) is -1.28. The van der Waals surface area contributed by atoms with E-state index in [-0.39, 0.29) is 12.3 Å². The quantitative estimate of drug-likeness (QED) is 0.678. The third-order valence-electron chi connectivity index (χ3n) is 3.17. The van der Waals surface area contributed by atoms with Gasteiger partial charge < -0.3 is 5.11 Å². The number of hydrogen-bond acceptors (Lipinski definition) is 3. The van der Waals surface area contributed by atoms with E-state index in [4.69, 9.17) is 0 Å². The third kappa shape index (κ3) is 5.03. The molecule has 0 heterocycles. The molecule has 114 valence electrons. The van der Waals surface area contributed by atoms with Crippen LogP contribution in [0.15, 0.2) is 60.7 Å². The molecule has 2 aromatic rings. The molecule has 0 aromatic heterocycles. The Kier molecular flexibility index (Phi) is 5.68.